The van der Waals surface area contributed by atoms with E-state index in [2.05, 4.69) is 34.5 Å². The molecule has 5 rings (SSSR count). The maximum Gasteiger partial charge on any atom is 0.226 e. The van der Waals surface area contributed by atoms with E-state index in [1.807, 2.05) is 13.0 Å². The molecule has 1 aromatic heterocycles. The van der Waals surface area contributed by atoms with E-state index in [0.29, 0.717) is 28.4 Å². The lowest BCUT2D eigenvalue weighted by atomic mass is 10.0. The highest BCUT2D eigenvalue weighted by Gasteiger charge is 2.26. The number of hydrogen-bond donors (Lipinski definition) is 1. The minimum atomic E-state index is -3.27. The molecule has 1 N–H and O–H groups in total. The summed E-state index contributed by atoms with van der Waals surface area (Å²) < 4.78 is 24.0. The van der Waals surface area contributed by atoms with Gasteiger partial charge in [-0.3, -0.25) is 0 Å². The van der Waals surface area contributed by atoms with Gasteiger partial charge in [0.15, 0.2) is 9.84 Å². The van der Waals surface area contributed by atoms with Crippen molar-refractivity contribution in [1.29, 1.82) is 0 Å². The first-order valence-corrected chi connectivity index (χ1v) is 13.3. The van der Waals surface area contributed by atoms with Crippen LogP contribution in [0.25, 0.3) is 10.9 Å². The summed E-state index contributed by atoms with van der Waals surface area (Å²) >= 11 is 0. The molecule has 2 heterocycles. The van der Waals surface area contributed by atoms with Crippen molar-refractivity contribution in [1.82, 2.24) is 15.3 Å². The summed E-state index contributed by atoms with van der Waals surface area (Å²) in [5.41, 5.74) is 4.51. The lowest BCUT2D eigenvalue weighted by Gasteiger charge is -2.23. The fourth-order valence-corrected chi connectivity index (χ4v) is 5.74. The van der Waals surface area contributed by atoms with Gasteiger partial charge in [-0.25, -0.2) is 18.4 Å². The van der Waals surface area contributed by atoms with Gasteiger partial charge in [0.2, 0.25) is 5.95 Å². The van der Waals surface area contributed by atoms with Crippen molar-refractivity contribution >= 4 is 26.7 Å². The first-order chi connectivity index (χ1) is 15.4. The smallest absolute Gasteiger partial charge is 0.226 e. The molecule has 0 radical (unpaired) electrons. The summed E-state index contributed by atoms with van der Waals surface area (Å²) in [7, 11) is -3.27. The molecule has 6 nitrogen and oxygen atoms in total. The van der Waals surface area contributed by atoms with Crippen LogP contribution in [-0.4, -0.2) is 43.8 Å². The number of aryl methyl sites for hydroxylation is 2. The van der Waals surface area contributed by atoms with Crippen LogP contribution in [0, 0.1) is 6.92 Å². The number of nitrogens with zero attached hydrogens (tertiary/aromatic N) is 3. The number of aromatic nitrogens is 2. The third-order valence-electron chi connectivity index (χ3n) is 6.86. The zero-order valence-electron chi connectivity index (χ0n) is 18.7. The Labute approximate surface area is 190 Å². The molecule has 1 aliphatic carbocycles. The molecule has 7 heteroatoms. The van der Waals surface area contributed by atoms with E-state index in [0.717, 1.165) is 49.9 Å². The van der Waals surface area contributed by atoms with Crippen molar-refractivity contribution in [3.63, 3.8) is 0 Å². The van der Waals surface area contributed by atoms with Gasteiger partial charge in [0.25, 0.3) is 0 Å². The number of sulfone groups is 1. The predicted molar refractivity (Wildman–Crippen MR) is 128 cm³/mol. The highest BCUT2D eigenvalue weighted by Crippen LogP contribution is 2.32. The van der Waals surface area contributed by atoms with Crippen molar-refractivity contribution in [2.24, 2.45) is 0 Å². The normalized spacial score (nSPS) is 21.5. The Morgan fingerprint density at radius 1 is 1.03 bits per heavy atom. The summed E-state index contributed by atoms with van der Waals surface area (Å²) in [5.74, 6) is 0.701. The maximum absolute atomic E-state index is 12.0. The van der Waals surface area contributed by atoms with Crippen LogP contribution in [-0.2, 0) is 16.3 Å². The number of fused-ring (bicyclic) bond motifs is 2. The number of benzene rings is 2. The van der Waals surface area contributed by atoms with Gasteiger partial charge in [-0.1, -0.05) is 24.3 Å². The Hall–Kier alpha value is -2.51. The van der Waals surface area contributed by atoms with E-state index >= 15 is 0 Å². The summed E-state index contributed by atoms with van der Waals surface area (Å²) in [6, 6.07) is 14.8. The van der Waals surface area contributed by atoms with E-state index in [1.165, 1.54) is 23.8 Å². The van der Waals surface area contributed by atoms with Gasteiger partial charge in [-0.2, -0.15) is 0 Å². The molecule has 0 spiro atoms. The van der Waals surface area contributed by atoms with Crippen molar-refractivity contribution < 1.29 is 8.42 Å². The van der Waals surface area contributed by atoms with Crippen LogP contribution in [0.4, 0.5) is 5.95 Å². The summed E-state index contributed by atoms with van der Waals surface area (Å²) in [6.07, 6.45) is 6.83. The Bertz CT molecular complexity index is 1260. The van der Waals surface area contributed by atoms with Crippen LogP contribution < -0.4 is 10.2 Å². The van der Waals surface area contributed by atoms with Gasteiger partial charge in [0.1, 0.15) is 0 Å². The molecule has 32 heavy (non-hydrogen) atoms. The third-order valence-corrected chi connectivity index (χ3v) is 7.97. The molecule has 0 bridgehead atoms. The fourth-order valence-electron chi connectivity index (χ4n) is 5.10. The first-order valence-electron chi connectivity index (χ1n) is 11.5. The van der Waals surface area contributed by atoms with Gasteiger partial charge < -0.3 is 10.2 Å². The number of hydrogen-bond acceptors (Lipinski definition) is 6. The van der Waals surface area contributed by atoms with Crippen LogP contribution in [0.5, 0.6) is 0 Å². The summed E-state index contributed by atoms with van der Waals surface area (Å²) in [6.45, 7) is 3.77. The predicted octanol–water partition coefficient (Wildman–Crippen LogP) is 3.98. The zero-order chi connectivity index (χ0) is 22.3. The highest BCUT2D eigenvalue weighted by molar-refractivity contribution is 7.90. The second-order valence-electron chi connectivity index (χ2n) is 9.13. The van der Waals surface area contributed by atoms with Crippen LogP contribution >= 0.6 is 0 Å². The fraction of sp³-hybridized carbons (Fsp3) is 0.440. The van der Waals surface area contributed by atoms with E-state index in [-0.39, 0.29) is 0 Å². The Morgan fingerprint density at radius 3 is 2.72 bits per heavy atom. The largest absolute Gasteiger partial charge is 0.341 e. The van der Waals surface area contributed by atoms with Crippen LogP contribution in [0.1, 0.15) is 48.5 Å². The Morgan fingerprint density at radius 2 is 1.88 bits per heavy atom. The molecule has 1 aliphatic heterocycles. The van der Waals surface area contributed by atoms with Gasteiger partial charge in [-0.15, -0.1) is 0 Å². The number of nitrogens with one attached hydrogen (secondary N) is 1. The Kier molecular flexibility index (Phi) is 5.63. The third kappa shape index (κ3) is 4.24. The van der Waals surface area contributed by atoms with Crippen molar-refractivity contribution in [2.75, 3.05) is 24.2 Å². The van der Waals surface area contributed by atoms with Crippen LogP contribution in [0.3, 0.4) is 0 Å². The molecule has 0 saturated carbocycles. The minimum absolute atomic E-state index is 0.297. The lowest BCUT2D eigenvalue weighted by molar-refractivity contribution is 0.404. The summed E-state index contributed by atoms with van der Waals surface area (Å²) in [5, 5.41) is 4.82. The quantitative estimate of drug-likeness (QED) is 0.648. The molecule has 3 aromatic rings. The second kappa shape index (κ2) is 8.45. The second-order valence-corrected chi connectivity index (χ2v) is 11.1. The van der Waals surface area contributed by atoms with Gasteiger partial charge in [-0.05, 0) is 68.4 Å². The molecule has 0 unspecified atom stereocenters. The lowest BCUT2D eigenvalue weighted by Crippen LogP contribution is -2.33. The monoisotopic (exact) mass is 450 g/mol. The number of rotatable bonds is 4. The molecule has 2 aromatic carbocycles. The van der Waals surface area contributed by atoms with Crippen molar-refractivity contribution in [2.45, 2.75) is 56.0 Å². The van der Waals surface area contributed by atoms with E-state index < -0.39 is 9.84 Å². The van der Waals surface area contributed by atoms with Gasteiger partial charge >= 0.3 is 0 Å². The molecule has 0 amide bonds. The van der Waals surface area contributed by atoms with Gasteiger partial charge in [0.05, 0.1) is 16.1 Å². The first kappa shape index (κ1) is 21.3. The minimum Gasteiger partial charge on any atom is -0.341 e. The van der Waals surface area contributed by atoms with Crippen LogP contribution in [0.15, 0.2) is 47.4 Å². The summed E-state index contributed by atoms with van der Waals surface area (Å²) in [4.78, 5) is 12.1. The van der Waals surface area contributed by atoms with E-state index in [9.17, 15) is 8.42 Å². The topological polar surface area (TPSA) is 75.2 Å². The van der Waals surface area contributed by atoms with Crippen molar-refractivity contribution in [3.8, 4) is 0 Å². The van der Waals surface area contributed by atoms with Gasteiger partial charge in [0, 0.05) is 36.8 Å². The molecule has 2 aliphatic rings. The highest BCUT2D eigenvalue weighted by atomic mass is 32.2. The Balaban J connectivity index is 1.33. The van der Waals surface area contributed by atoms with Crippen LogP contribution in [0.2, 0.25) is 0 Å². The standard InChI is InChI=1S/C25H30N4O2S/c1-17-21-11-10-20(32(2,30)31)16-24(21)28-25(26-17)29-14-5-7-19(13-15-29)27-23-12-9-18-6-3-4-8-22(18)23/h3-4,6,8,10-11,16,19,23,27H,5,7,9,12-15H2,1-2H3/t19-,23-/m0/s1. The van der Waals surface area contributed by atoms with E-state index in [1.54, 1.807) is 12.1 Å². The molecular formula is C25H30N4O2S. The SMILES string of the molecule is Cc1nc(N2CCC[C@H](N[C@H]3CCc4ccccc43)CC2)nc2cc(S(C)(=O)=O)ccc12. The number of anilines is 1. The average molecular weight is 451 g/mol. The maximum atomic E-state index is 12.0. The zero-order valence-corrected chi connectivity index (χ0v) is 19.5. The van der Waals surface area contributed by atoms with E-state index in [4.69, 9.17) is 9.97 Å². The molecule has 1 saturated heterocycles. The van der Waals surface area contributed by atoms with Crippen molar-refractivity contribution in [3.05, 3.63) is 59.3 Å². The average Bonchev–Trinajstić information content (AvgIpc) is 3.02. The molecular weight excluding hydrogens is 420 g/mol. The molecule has 1 fully saturated rings. The molecule has 168 valence electrons. The molecule has 2 atom stereocenters.